The van der Waals surface area contributed by atoms with E-state index in [4.69, 9.17) is 17.3 Å². The van der Waals surface area contributed by atoms with Crippen molar-refractivity contribution in [2.75, 3.05) is 11.1 Å². The van der Waals surface area contributed by atoms with Gasteiger partial charge in [0.05, 0.1) is 5.02 Å². The lowest BCUT2D eigenvalue weighted by Gasteiger charge is -2.04. The molecule has 0 aliphatic heterocycles. The van der Waals surface area contributed by atoms with Gasteiger partial charge in [0.2, 0.25) is 0 Å². The second-order valence-electron chi connectivity index (χ2n) is 3.13. The van der Waals surface area contributed by atoms with Gasteiger partial charge >= 0.3 is 0 Å². The van der Waals surface area contributed by atoms with Crippen LogP contribution in [-0.2, 0) is 0 Å². The van der Waals surface area contributed by atoms with Gasteiger partial charge in [0.25, 0.3) is 5.91 Å². The van der Waals surface area contributed by atoms with E-state index in [1.165, 1.54) is 18.3 Å². The van der Waals surface area contributed by atoms with E-state index in [1.807, 2.05) is 0 Å². The maximum atomic E-state index is 11.8. The highest BCUT2D eigenvalue weighted by molar-refractivity contribution is 6.34. The van der Waals surface area contributed by atoms with E-state index in [1.54, 1.807) is 12.1 Å². The lowest BCUT2D eigenvalue weighted by molar-refractivity contribution is 0.102. The number of amides is 1. The minimum absolute atomic E-state index is 0.0531. The molecule has 3 N–H and O–H groups in total. The van der Waals surface area contributed by atoms with Gasteiger partial charge in [0, 0.05) is 6.20 Å². The Bertz CT molecular complexity index is 546. The summed E-state index contributed by atoms with van der Waals surface area (Å²) in [6, 6.07) is 6.28. The fourth-order valence-corrected chi connectivity index (χ4v) is 1.35. The third-order valence-corrected chi connectivity index (χ3v) is 2.20. The summed E-state index contributed by atoms with van der Waals surface area (Å²) >= 11 is 5.84. The molecule has 2 aromatic heterocycles. The van der Waals surface area contributed by atoms with Crippen LogP contribution >= 0.6 is 11.6 Å². The molecule has 0 saturated heterocycles. The first kappa shape index (κ1) is 11.3. The first-order valence-electron chi connectivity index (χ1n) is 4.68. The average Bonchev–Trinajstić information content (AvgIpc) is 2.33. The Morgan fingerprint density at radius 2 is 2.18 bits per heavy atom. The van der Waals surface area contributed by atoms with Crippen LogP contribution in [0, 0.1) is 0 Å². The van der Waals surface area contributed by atoms with E-state index in [0.717, 1.165) is 0 Å². The molecule has 7 heteroatoms. The highest BCUT2D eigenvalue weighted by atomic mass is 35.5. The second-order valence-corrected chi connectivity index (χ2v) is 3.54. The Labute approximate surface area is 102 Å². The number of hydrogen-bond donors (Lipinski definition) is 2. The normalized spacial score (nSPS) is 9.94. The molecule has 0 aliphatic carbocycles. The molecule has 2 heterocycles. The summed E-state index contributed by atoms with van der Waals surface area (Å²) in [5.41, 5.74) is 5.53. The number of nitrogens with one attached hydrogen (secondary N) is 1. The number of rotatable bonds is 2. The quantitative estimate of drug-likeness (QED) is 0.838. The zero-order chi connectivity index (χ0) is 12.3. The van der Waals surface area contributed by atoms with Gasteiger partial charge in [-0.2, -0.15) is 5.10 Å². The van der Waals surface area contributed by atoms with Crippen molar-refractivity contribution in [3.63, 3.8) is 0 Å². The number of carbonyl (C=O) groups is 1. The van der Waals surface area contributed by atoms with Gasteiger partial charge in [-0.05, 0) is 24.3 Å². The van der Waals surface area contributed by atoms with E-state index in [2.05, 4.69) is 20.5 Å². The van der Waals surface area contributed by atoms with Crippen molar-refractivity contribution in [2.24, 2.45) is 0 Å². The summed E-state index contributed by atoms with van der Waals surface area (Å²) < 4.78 is 0. The smallest absolute Gasteiger partial charge is 0.277 e. The van der Waals surface area contributed by atoms with Gasteiger partial charge in [-0.1, -0.05) is 11.6 Å². The zero-order valence-electron chi connectivity index (χ0n) is 8.59. The minimum Gasteiger partial charge on any atom is -0.384 e. The van der Waals surface area contributed by atoms with Crippen LogP contribution in [0.25, 0.3) is 0 Å². The van der Waals surface area contributed by atoms with Crippen molar-refractivity contribution in [3.05, 3.63) is 41.2 Å². The molecular formula is C10H8ClN5O. The summed E-state index contributed by atoms with van der Waals surface area (Å²) in [5, 5.41) is 10.1. The van der Waals surface area contributed by atoms with E-state index < -0.39 is 5.91 Å². The van der Waals surface area contributed by atoms with Crippen LogP contribution in [-0.4, -0.2) is 21.1 Å². The molecule has 0 bridgehead atoms. The van der Waals surface area contributed by atoms with Crippen molar-refractivity contribution < 1.29 is 4.79 Å². The topological polar surface area (TPSA) is 93.8 Å². The number of halogens is 1. The van der Waals surface area contributed by atoms with Crippen LogP contribution in [0.3, 0.4) is 0 Å². The number of carbonyl (C=O) groups excluding carboxylic acids is 1. The van der Waals surface area contributed by atoms with Crippen LogP contribution in [0.4, 0.5) is 11.6 Å². The first-order valence-corrected chi connectivity index (χ1v) is 5.05. The Morgan fingerprint density at radius 3 is 2.88 bits per heavy atom. The number of nitrogen functional groups attached to an aromatic ring is 1. The molecule has 0 atom stereocenters. The number of nitrogens with zero attached hydrogens (tertiary/aromatic N) is 3. The molecular weight excluding hydrogens is 242 g/mol. The third kappa shape index (κ3) is 2.67. The summed E-state index contributed by atoms with van der Waals surface area (Å²) in [7, 11) is 0. The Hall–Kier alpha value is -2.21. The average molecular weight is 250 g/mol. The molecule has 6 nitrogen and oxygen atoms in total. The summed E-state index contributed by atoms with van der Waals surface area (Å²) in [4.78, 5) is 15.7. The molecule has 2 aromatic rings. The largest absolute Gasteiger partial charge is 0.384 e. The lowest BCUT2D eigenvalue weighted by Crippen LogP contribution is -2.16. The Morgan fingerprint density at radius 1 is 1.35 bits per heavy atom. The molecule has 1 amide bonds. The van der Waals surface area contributed by atoms with Crippen molar-refractivity contribution in [2.45, 2.75) is 0 Å². The summed E-state index contributed by atoms with van der Waals surface area (Å²) in [5.74, 6) is 0.0549. The standard InChI is InChI=1S/C10H8ClN5O/c11-6-3-4-7(12)14-9(6)10(17)15-8-2-1-5-13-16-8/h1-5H,(H2,12,14)(H,15,16,17). The molecule has 0 saturated carbocycles. The number of hydrogen-bond acceptors (Lipinski definition) is 5. The van der Waals surface area contributed by atoms with Crippen LogP contribution in [0.2, 0.25) is 5.02 Å². The minimum atomic E-state index is -0.484. The van der Waals surface area contributed by atoms with Gasteiger partial charge in [-0.15, -0.1) is 5.10 Å². The fraction of sp³-hybridized carbons (Fsp3) is 0. The maximum absolute atomic E-state index is 11.8. The van der Waals surface area contributed by atoms with Gasteiger partial charge in [-0.3, -0.25) is 4.79 Å². The number of pyridine rings is 1. The van der Waals surface area contributed by atoms with Crippen molar-refractivity contribution in [3.8, 4) is 0 Å². The predicted octanol–water partition coefficient (Wildman–Crippen LogP) is 1.36. The number of nitrogens with two attached hydrogens (primary N) is 1. The molecule has 2 rings (SSSR count). The third-order valence-electron chi connectivity index (χ3n) is 1.90. The highest BCUT2D eigenvalue weighted by Gasteiger charge is 2.13. The molecule has 0 spiro atoms. The molecule has 0 radical (unpaired) electrons. The van der Waals surface area contributed by atoms with Crippen LogP contribution in [0.15, 0.2) is 30.5 Å². The number of aromatic nitrogens is 3. The zero-order valence-corrected chi connectivity index (χ0v) is 9.35. The lowest BCUT2D eigenvalue weighted by atomic mass is 10.3. The van der Waals surface area contributed by atoms with Crippen molar-refractivity contribution >= 4 is 29.1 Å². The van der Waals surface area contributed by atoms with E-state index in [0.29, 0.717) is 5.82 Å². The first-order chi connectivity index (χ1) is 8.16. The maximum Gasteiger partial charge on any atom is 0.277 e. The summed E-state index contributed by atoms with van der Waals surface area (Å²) in [6.45, 7) is 0. The van der Waals surface area contributed by atoms with Crippen LogP contribution in [0.1, 0.15) is 10.5 Å². The van der Waals surface area contributed by atoms with E-state index in [9.17, 15) is 4.79 Å². The van der Waals surface area contributed by atoms with Crippen LogP contribution in [0.5, 0.6) is 0 Å². The van der Waals surface area contributed by atoms with Crippen molar-refractivity contribution in [1.82, 2.24) is 15.2 Å². The monoisotopic (exact) mass is 249 g/mol. The molecule has 86 valence electrons. The second kappa shape index (κ2) is 4.75. The SMILES string of the molecule is Nc1ccc(Cl)c(C(=O)Nc2cccnn2)n1. The Kier molecular flexibility index (Phi) is 3.15. The Balaban J connectivity index is 2.23. The molecule has 0 fully saturated rings. The van der Waals surface area contributed by atoms with Gasteiger partial charge in [-0.25, -0.2) is 4.98 Å². The molecule has 0 aromatic carbocycles. The molecule has 17 heavy (non-hydrogen) atoms. The number of anilines is 2. The van der Waals surface area contributed by atoms with Gasteiger partial charge in [0.15, 0.2) is 5.82 Å². The van der Waals surface area contributed by atoms with Gasteiger partial charge < -0.3 is 11.1 Å². The van der Waals surface area contributed by atoms with Crippen LogP contribution < -0.4 is 11.1 Å². The highest BCUT2D eigenvalue weighted by Crippen LogP contribution is 2.16. The molecule has 0 unspecified atom stereocenters. The van der Waals surface area contributed by atoms with E-state index in [-0.39, 0.29) is 16.5 Å². The fourth-order valence-electron chi connectivity index (χ4n) is 1.16. The van der Waals surface area contributed by atoms with Gasteiger partial charge in [0.1, 0.15) is 11.5 Å². The van der Waals surface area contributed by atoms with Crippen molar-refractivity contribution in [1.29, 1.82) is 0 Å². The summed E-state index contributed by atoms with van der Waals surface area (Å²) in [6.07, 6.45) is 1.50. The molecule has 0 aliphatic rings. The van der Waals surface area contributed by atoms with E-state index >= 15 is 0 Å². The predicted molar refractivity (Wildman–Crippen MR) is 63.6 cm³/mol.